The van der Waals surface area contributed by atoms with Crippen LogP contribution in [0.25, 0.3) is 0 Å². The van der Waals surface area contributed by atoms with Gasteiger partial charge in [0, 0.05) is 19.1 Å². The van der Waals surface area contributed by atoms with Gasteiger partial charge in [0.2, 0.25) is 0 Å². The number of piperidine rings is 1. The van der Waals surface area contributed by atoms with Gasteiger partial charge < -0.3 is 5.73 Å². The highest BCUT2D eigenvalue weighted by Crippen LogP contribution is 2.20. The predicted octanol–water partition coefficient (Wildman–Crippen LogP) is 2.79. The highest BCUT2D eigenvalue weighted by molar-refractivity contribution is 6.88. The Morgan fingerprint density at radius 2 is 1.90 bits per heavy atom. The standard InChI is InChI=1S/C17H30N2Si/c1-14(18)16-6-5-11-19(13-16)12-15-7-9-17(10-8-15)20(2,3)4/h7-10,14,16H,5-6,11-13,18H2,1-4H3. The summed E-state index contributed by atoms with van der Waals surface area (Å²) >= 11 is 0. The van der Waals surface area contributed by atoms with Gasteiger partial charge in [0.25, 0.3) is 0 Å². The molecule has 20 heavy (non-hydrogen) atoms. The van der Waals surface area contributed by atoms with E-state index in [1.54, 1.807) is 5.19 Å². The third kappa shape index (κ3) is 4.17. The molecule has 3 heteroatoms. The molecule has 0 spiro atoms. The SMILES string of the molecule is CC(N)C1CCCN(Cc2ccc([Si](C)(C)C)cc2)C1. The number of benzene rings is 1. The first kappa shape index (κ1) is 15.7. The highest BCUT2D eigenvalue weighted by Gasteiger charge is 2.22. The van der Waals surface area contributed by atoms with Crippen molar-refractivity contribution < 1.29 is 0 Å². The second-order valence-electron chi connectivity index (χ2n) is 7.44. The number of nitrogens with zero attached hydrogens (tertiary/aromatic N) is 1. The second kappa shape index (κ2) is 6.42. The normalized spacial score (nSPS) is 22.8. The number of nitrogens with two attached hydrogens (primary N) is 1. The molecule has 2 atom stereocenters. The minimum absolute atomic E-state index is 0.326. The van der Waals surface area contributed by atoms with E-state index < -0.39 is 8.07 Å². The largest absolute Gasteiger partial charge is 0.328 e. The van der Waals surface area contributed by atoms with Crippen LogP contribution < -0.4 is 10.9 Å². The fourth-order valence-electron chi connectivity index (χ4n) is 3.03. The maximum Gasteiger partial charge on any atom is 0.0775 e. The molecule has 0 aromatic heterocycles. The fraction of sp³-hybridized carbons (Fsp3) is 0.647. The summed E-state index contributed by atoms with van der Waals surface area (Å²) in [6.07, 6.45) is 2.59. The molecule has 1 aliphatic rings. The summed E-state index contributed by atoms with van der Waals surface area (Å²) in [6, 6.07) is 9.65. The molecule has 1 heterocycles. The first-order valence-electron chi connectivity index (χ1n) is 7.93. The van der Waals surface area contributed by atoms with Crippen molar-refractivity contribution in [2.45, 2.75) is 52.0 Å². The van der Waals surface area contributed by atoms with Crippen molar-refractivity contribution in [2.24, 2.45) is 11.7 Å². The minimum atomic E-state index is -1.16. The third-order valence-electron chi connectivity index (χ3n) is 4.51. The molecule has 0 bridgehead atoms. The maximum absolute atomic E-state index is 6.07. The van der Waals surface area contributed by atoms with Gasteiger partial charge in [0.05, 0.1) is 8.07 Å². The zero-order valence-corrected chi connectivity index (χ0v) is 14.5. The van der Waals surface area contributed by atoms with Gasteiger partial charge in [0.1, 0.15) is 0 Å². The molecule has 2 unspecified atom stereocenters. The van der Waals surface area contributed by atoms with Crippen molar-refractivity contribution in [3.8, 4) is 0 Å². The Balaban J connectivity index is 1.96. The Hall–Kier alpha value is -0.643. The lowest BCUT2D eigenvalue weighted by atomic mass is 9.92. The summed E-state index contributed by atoms with van der Waals surface area (Å²) < 4.78 is 0. The monoisotopic (exact) mass is 290 g/mol. The van der Waals surface area contributed by atoms with Gasteiger partial charge in [-0.1, -0.05) is 49.1 Å². The number of likely N-dealkylation sites (tertiary alicyclic amines) is 1. The van der Waals surface area contributed by atoms with E-state index in [0.717, 1.165) is 13.1 Å². The van der Waals surface area contributed by atoms with E-state index in [9.17, 15) is 0 Å². The fourth-order valence-corrected chi connectivity index (χ4v) is 4.20. The lowest BCUT2D eigenvalue weighted by Gasteiger charge is -2.34. The quantitative estimate of drug-likeness (QED) is 0.864. The van der Waals surface area contributed by atoms with Gasteiger partial charge in [-0.15, -0.1) is 0 Å². The van der Waals surface area contributed by atoms with Crippen LogP contribution >= 0.6 is 0 Å². The molecule has 1 saturated heterocycles. The van der Waals surface area contributed by atoms with Crippen LogP contribution in [0.15, 0.2) is 24.3 Å². The van der Waals surface area contributed by atoms with Crippen molar-refractivity contribution in [3.63, 3.8) is 0 Å². The molecular weight excluding hydrogens is 260 g/mol. The molecule has 1 fully saturated rings. The molecule has 0 aliphatic carbocycles. The Morgan fingerprint density at radius 1 is 1.25 bits per heavy atom. The number of hydrogen-bond acceptors (Lipinski definition) is 2. The van der Waals surface area contributed by atoms with Gasteiger partial charge in [-0.25, -0.2) is 0 Å². The van der Waals surface area contributed by atoms with E-state index in [-0.39, 0.29) is 0 Å². The van der Waals surface area contributed by atoms with Gasteiger partial charge in [0.15, 0.2) is 0 Å². The van der Waals surface area contributed by atoms with E-state index >= 15 is 0 Å². The molecule has 2 nitrogen and oxygen atoms in total. The zero-order valence-electron chi connectivity index (χ0n) is 13.5. The first-order valence-corrected chi connectivity index (χ1v) is 11.4. The molecule has 1 aromatic rings. The van der Waals surface area contributed by atoms with Gasteiger partial charge in [-0.05, 0) is 37.8 Å². The van der Waals surface area contributed by atoms with Gasteiger partial charge >= 0.3 is 0 Å². The Morgan fingerprint density at radius 3 is 2.45 bits per heavy atom. The number of hydrogen-bond donors (Lipinski definition) is 1. The molecule has 2 N–H and O–H groups in total. The predicted molar refractivity (Wildman–Crippen MR) is 91.1 cm³/mol. The summed E-state index contributed by atoms with van der Waals surface area (Å²) in [5, 5.41) is 1.55. The van der Waals surface area contributed by atoms with Crippen LogP contribution in [0.4, 0.5) is 0 Å². The molecule has 0 radical (unpaired) electrons. The summed E-state index contributed by atoms with van der Waals surface area (Å²) in [5.74, 6) is 0.671. The van der Waals surface area contributed by atoms with Crippen molar-refractivity contribution in [3.05, 3.63) is 29.8 Å². The summed E-state index contributed by atoms with van der Waals surface area (Å²) in [5.41, 5.74) is 7.51. The zero-order chi connectivity index (χ0) is 14.8. The topological polar surface area (TPSA) is 29.3 Å². The molecule has 1 aromatic carbocycles. The van der Waals surface area contributed by atoms with Crippen molar-refractivity contribution in [2.75, 3.05) is 13.1 Å². The lowest BCUT2D eigenvalue weighted by Crippen LogP contribution is -2.42. The van der Waals surface area contributed by atoms with Gasteiger partial charge in [-0.2, -0.15) is 0 Å². The van der Waals surface area contributed by atoms with Crippen LogP contribution in [0.3, 0.4) is 0 Å². The lowest BCUT2D eigenvalue weighted by molar-refractivity contribution is 0.154. The van der Waals surface area contributed by atoms with E-state index in [1.165, 1.54) is 24.9 Å². The van der Waals surface area contributed by atoms with Crippen LogP contribution in [0.5, 0.6) is 0 Å². The van der Waals surface area contributed by atoms with Crippen LogP contribution in [0.2, 0.25) is 19.6 Å². The Labute approximate surface area is 125 Å². The molecule has 112 valence electrons. The van der Waals surface area contributed by atoms with E-state index in [2.05, 4.69) is 55.7 Å². The molecule has 2 rings (SSSR count). The van der Waals surface area contributed by atoms with Crippen molar-refractivity contribution in [1.29, 1.82) is 0 Å². The summed E-state index contributed by atoms with van der Waals surface area (Å²) in [7, 11) is -1.16. The van der Waals surface area contributed by atoms with Crippen LogP contribution in [-0.4, -0.2) is 32.1 Å². The van der Waals surface area contributed by atoms with Crippen LogP contribution in [0.1, 0.15) is 25.3 Å². The van der Waals surface area contributed by atoms with E-state index in [0.29, 0.717) is 12.0 Å². The Kier molecular flexibility index (Phi) is 5.05. The minimum Gasteiger partial charge on any atom is -0.328 e. The number of rotatable bonds is 4. The Bertz CT molecular complexity index is 420. The molecule has 0 saturated carbocycles. The highest BCUT2D eigenvalue weighted by atomic mass is 28.3. The smallest absolute Gasteiger partial charge is 0.0775 e. The van der Waals surface area contributed by atoms with Crippen molar-refractivity contribution >= 4 is 13.3 Å². The van der Waals surface area contributed by atoms with Crippen LogP contribution in [0, 0.1) is 5.92 Å². The van der Waals surface area contributed by atoms with E-state index in [1.807, 2.05) is 0 Å². The van der Waals surface area contributed by atoms with Crippen molar-refractivity contribution in [1.82, 2.24) is 4.90 Å². The summed E-state index contributed by atoms with van der Waals surface area (Å²) in [4.78, 5) is 2.57. The second-order valence-corrected chi connectivity index (χ2v) is 12.5. The third-order valence-corrected chi connectivity index (χ3v) is 6.58. The average molecular weight is 291 g/mol. The van der Waals surface area contributed by atoms with E-state index in [4.69, 9.17) is 5.73 Å². The first-order chi connectivity index (χ1) is 9.36. The summed E-state index contributed by atoms with van der Waals surface area (Å²) in [6.45, 7) is 12.8. The van der Waals surface area contributed by atoms with Crippen LogP contribution in [-0.2, 0) is 6.54 Å². The maximum atomic E-state index is 6.07. The molecular formula is C17H30N2Si. The average Bonchev–Trinajstić information content (AvgIpc) is 2.38. The van der Waals surface area contributed by atoms with Gasteiger partial charge in [-0.3, -0.25) is 4.90 Å². The molecule has 0 amide bonds. The molecule has 1 aliphatic heterocycles.